The first kappa shape index (κ1) is 26.6. The number of nitrogens with one attached hydrogen (secondary N) is 2. The minimum atomic E-state index is -0.103. The Kier molecular flexibility index (Phi) is 7.70. The van der Waals surface area contributed by atoms with Crippen LogP contribution in [-0.2, 0) is 6.54 Å². The lowest BCUT2D eigenvalue weighted by Crippen LogP contribution is -2.39. The molecule has 0 saturated heterocycles. The maximum atomic E-state index is 13.0. The van der Waals surface area contributed by atoms with Gasteiger partial charge in [-0.05, 0) is 77.9 Å². The summed E-state index contributed by atoms with van der Waals surface area (Å²) < 4.78 is 0. The fourth-order valence-corrected chi connectivity index (χ4v) is 5.82. The van der Waals surface area contributed by atoms with Crippen LogP contribution in [0.15, 0.2) is 120 Å². The molecule has 0 spiro atoms. The smallest absolute Gasteiger partial charge is 0.255 e. The maximum absolute atomic E-state index is 13.0. The van der Waals surface area contributed by atoms with Gasteiger partial charge < -0.3 is 5.32 Å². The Morgan fingerprint density at radius 2 is 1.46 bits per heavy atom. The molecule has 0 atom stereocenters. The largest absolute Gasteiger partial charge is 0.322 e. The summed E-state index contributed by atoms with van der Waals surface area (Å²) in [7, 11) is 0. The van der Waals surface area contributed by atoms with Crippen molar-refractivity contribution in [3.8, 4) is 0 Å². The average Bonchev–Trinajstić information content (AvgIpc) is 3.00. The van der Waals surface area contributed by atoms with Crippen LogP contribution in [0, 0.1) is 13.8 Å². The van der Waals surface area contributed by atoms with Crippen LogP contribution in [0.25, 0.3) is 5.57 Å². The van der Waals surface area contributed by atoms with Gasteiger partial charge in [0.2, 0.25) is 0 Å². The van der Waals surface area contributed by atoms with Gasteiger partial charge in [0.1, 0.15) is 0 Å². The molecule has 0 saturated carbocycles. The van der Waals surface area contributed by atoms with E-state index in [0.29, 0.717) is 5.56 Å². The molecule has 5 nitrogen and oxygen atoms in total. The normalized spacial score (nSPS) is 15.3. The molecule has 41 heavy (non-hydrogen) atoms. The fourth-order valence-electron chi connectivity index (χ4n) is 5.82. The Hall–Kier alpha value is -4.61. The topological polar surface area (TPSA) is 47.6 Å². The molecule has 206 valence electrons. The lowest BCUT2D eigenvalue weighted by molar-refractivity contribution is 0.102. The van der Waals surface area contributed by atoms with Gasteiger partial charge in [-0.15, -0.1) is 0 Å². The third-order valence-electron chi connectivity index (χ3n) is 7.96. The number of amides is 1. The first-order chi connectivity index (χ1) is 20.0. The minimum Gasteiger partial charge on any atom is -0.322 e. The van der Waals surface area contributed by atoms with Gasteiger partial charge in [0.15, 0.2) is 0 Å². The molecule has 0 unspecified atom stereocenters. The number of carbonyl (C=O) groups is 1. The SMILES string of the molecule is Cc1cccc(C)c1NC(=O)c1ccc(NN2C=C(c3ccccc3)C3=C(CN(Cc4ccccc4)CC3)C2)cc1. The van der Waals surface area contributed by atoms with Crippen LogP contribution < -0.4 is 10.7 Å². The van der Waals surface area contributed by atoms with Crippen molar-refractivity contribution in [3.05, 3.63) is 148 Å². The van der Waals surface area contributed by atoms with E-state index in [4.69, 9.17) is 0 Å². The highest BCUT2D eigenvalue weighted by molar-refractivity contribution is 6.05. The molecular formula is C36H36N4O. The average molecular weight is 541 g/mol. The Bertz CT molecular complexity index is 1570. The highest BCUT2D eigenvalue weighted by Gasteiger charge is 2.27. The van der Waals surface area contributed by atoms with Gasteiger partial charge in [-0.2, -0.15) is 0 Å². The number of allylic oxidation sites excluding steroid dienone is 1. The number of rotatable bonds is 7. The molecule has 0 bridgehead atoms. The van der Waals surface area contributed by atoms with Gasteiger partial charge in [0, 0.05) is 42.7 Å². The molecule has 0 aliphatic carbocycles. The van der Waals surface area contributed by atoms with Crippen LogP contribution in [0.2, 0.25) is 0 Å². The van der Waals surface area contributed by atoms with Crippen LogP contribution in [-0.4, -0.2) is 35.5 Å². The number of anilines is 2. The van der Waals surface area contributed by atoms with E-state index in [-0.39, 0.29) is 5.91 Å². The molecule has 2 aliphatic rings. The standard InChI is InChI=1S/C36H36N4O/c1-26-10-9-11-27(2)35(26)37-36(41)30-16-18-32(19-17-30)38-40-24-31-23-39(22-28-12-5-3-6-13-28)21-20-33(31)34(25-40)29-14-7-4-8-15-29/h3-19,25,38H,20-24H2,1-2H3,(H,37,41). The van der Waals surface area contributed by atoms with Crippen molar-refractivity contribution in [1.29, 1.82) is 0 Å². The van der Waals surface area contributed by atoms with E-state index in [1.807, 2.05) is 56.3 Å². The number of para-hydroxylation sites is 1. The molecule has 0 fully saturated rings. The lowest BCUT2D eigenvalue weighted by atomic mass is 9.87. The van der Waals surface area contributed by atoms with Crippen LogP contribution in [0.5, 0.6) is 0 Å². The summed E-state index contributed by atoms with van der Waals surface area (Å²) in [6, 6.07) is 35.1. The molecule has 4 aromatic carbocycles. The van der Waals surface area contributed by atoms with Gasteiger partial charge in [0.05, 0.1) is 12.2 Å². The Labute approximate surface area is 242 Å². The summed E-state index contributed by atoms with van der Waals surface area (Å²) in [6.45, 7) is 7.80. The molecule has 1 amide bonds. The van der Waals surface area contributed by atoms with Crippen molar-refractivity contribution >= 4 is 22.9 Å². The van der Waals surface area contributed by atoms with Crippen molar-refractivity contribution in [2.24, 2.45) is 0 Å². The second-order valence-corrected chi connectivity index (χ2v) is 11.0. The predicted molar refractivity (Wildman–Crippen MR) is 168 cm³/mol. The fraction of sp³-hybridized carbons (Fsp3) is 0.194. The van der Waals surface area contributed by atoms with E-state index in [2.05, 4.69) is 87.5 Å². The zero-order valence-corrected chi connectivity index (χ0v) is 23.7. The Morgan fingerprint density at radius 3 is 2.17 bits per heavy atom. The first-order valence-electron chi connectivity index (χ1n) is 14.3. The zero-order valence-electron chi connectivity index (χ0n) is 23.7. The monoisotopic (exact) mass is 540 g/mol. The highest BCUT2D eigenvalue weighted by Crippen LogP contribution is 2.36. The van der Waals surface area contributed by atoms with Crippen molar-refractivity contribution < 1.29 is 4.79 Å². The van der Waals surface area contributed by atoms with Crippen molar-refractivity contribution in [2.75, 3.05) is 30.4 Å². The van der Waals surface area contributed by atoms with Crippen molar-refractivity contribution in [2.45, 2.75) is 26.8 Å². The number of hydrogen-bond donors (Lipinski definition) is 2. The molecule has 2 aliphatic heterocycles. The molecule has 2 N–H and O–H groups in total. The third-order valence-corrected chi connectivity index (χ3v) is 7.96. The highest BCUT2D eigenvalue weighted by atomic mass is 16.1. The van der Waals surface area contributed by atoms with Crippen LogP contribution in [0.3, 0.4) is 0 Å². The first-order valence-corrected chi connectivity index (χ1v) is 14.3. The maximum Gasteiger partial charge on any atom is 0.255 e. The van der Waals surface area contributed by atoms with Gasteiger partial charge in [0.25, 0.3) is 5.91 Å². The summed E-state index contributed by atoms with van der Waals surface area (Å²) >= 11 is 0. The summed E-state index contributed by atoms with van der Waals surface area (Å²) in [5, 5.41) is 5.26. The zero-order chi connectivity index (χ0) is 28.2. The van der Waals surface area contributed by atoms with Crippen LogP contribution >= 0.6 is 0 Å². The number of nitrogens with zero attached hydrogens (tertiary/aromatic N) is 2. The molecule has 6 rings (SSSR count). The minimum absolute atomic E-state index is 0.103. The molecule has 2 heterocycles. The third kappa shape index (κ3) is 6.11. The van der Waals surface area contributed by atoms with Gasteiger partial charge in [-0.25, -0.2) is 0 Å². The molecule has 0 aromatic heterocycles. The van der Waals surface area contributed by atoms with E-state index in [9.17, 15) is 4.79 Å². The molecule has 4 aromatic rings. The second kappa shape index (κ2) is 11.9. The quantitative estimate of drug-likeness (QED) is 0.256. The van der Waals surface area contributed by atoms with Gasteiger partial charge in [-0.1, -0.05) is 78.9 Å². The molecule has 0 radical (unpaired) electrons. The van der Waals surface area contributed by atoms with E-state index >= 15 is 0 Å². The van der Waals surface area contributed by atoms with Crippen LogP contribution in [0.1, 0.15) is 39.0 Å². The number of aryl methyl sites for hydroxylation is 2. The van der Waals surface area contributed by atoms with Gasteiger partial charge in [-0.3, -0.25) is 20.1 Å². The second-order valence-electron chi connectivity index (χ2n) is 11.0. The Morgan fingerprint density at radius 1 is 0.780 bits per heavy atom. The van der Waals surface area contributed by atoms with Crippen molar-refractivity contribution in [1.82, 2.24) is 9.91 Å². The summed E-state index contributed by atoms with van der Waals surface area (Å²) in [5.74, 6) is -0.103. The summed E-state index contributed by atoms with van der Waals surface area (Å²) in [6.07, 6.45) is 3.28. The van der Waals surface area contributed by atoms with Crippen LogP contribution in [0.4, 0.5) is 11.4 Å². The summed E-state index contributed by atoms with van der Waals surface area (Å²) in [5.41, 5.74) is 14.9. The summed E-state index contributed by atoms with van der Waals surface area (Å²) in [4.78, 5) is 15.5. The number of carbonyl (C=O) groups excluding carboxylic acids is 1. The van der Waals surface area contributed by atoms with Crippen molar-refractivity contribution in [3.63, 3.8) is 0 Å². The predicted octanol–water partition coefficient (Wildman–Crippen LogP) is 7.44. The van der Waals surface area contributed by atoms with E-state index < -0.39 is 0 Å². The lowest BCUT2D eigenvalue weighted by Gasteiger charge is -2.38. The number of hydrogen-bond acceptors (Lipinski definition) is 4. The van der Waals surface area contributed by atoms with E-state index in [0.717, 1.165) is 55.1 Å². The van der Waals surface area contributed by atoms with E-state index in [1.165, 1.54) is 27.8 Å². The molecule has 5 heteroatoms. The number of benzene rings is 4. The molecular weight excluding hydrogens is 504 g/mol. The Balaban J connectivity index is 1.19. The van der Waals surface area contributed by atoms with Gasteiger partial charge >= 0.3 is 0 Å². The number of hydrazine groups is 1. The van der Waals surface area contributed by atoms with E-state index in [1.54, 1.807) is 0 Å².